The van der Waals surface area contributed by atoms with Crippen LogP contribution < -0.4 is 5.32 Å². The van der Waals surface area contributed by atoms with Crippen LogP contribution in [0.3, 0.4) is 0 Å². The second kappa shape index (κ2) is 5.82. The van der Waals surface area contributed by atoms with Crippen molar-refractivity contribution < 1.29 is 4.79 Å². The minimum atomic E-state index is 0.246. The lowest BCUT2D eigenvalue weighted by atomic mass is 9.80. The van der Waals surface area contributed by atoms with E-state index < -0.39 is 0 Å². The quantitative estimate of drug-likeness (QED) is 0.801. The molecular weight excluding hydrogens is 236 g/mol. The van der Waals surface area contributed by atoms with Gasteiger partial charge in [-0.1, -0.05) is 27.7 Å². The predicted molar refractivity (Wildman–Crippen MR) is 78.9 cm³/mol. The van der Waals surface area contributed by atoms with E-state index in [4.69, 9.17) is 0 Å². The van der Waals surface area contributed by atoms with Gasteiger partial charge < -0.3 is 10.2 Å². The monoisotopic (exact) mass is 266 g/mol. The van der Waals surface area contributed by atoms with Gasteiger partial charge in [-0.05, 0) is 43.1 Å². The van der Waals surface area contributed by atoms with Gasteiger partial charge >= 0.3 is 0 Å². The molecule has 1 aliphatic heterocycles. The summed E-state index contributed by atoms with van der Waals surface area (Å²) in [6.07, 6.45) is 4.59. The van der Waals surface area contributed by atoms with E-state index in [1.54, 1.807) is 0 Å². The highest BCUT2D eigenvalue weighted by Crippen LogP contribution is 2.37. The SMILES string of the molecule is CCCNC(CN1CC(C(C)(C)C)CC1=O)C1CC1. The second-order valence-corrected chi connectivity index (χ2v) is 7.46. The largest absolute Gasteiger partial charge is 0.341 e. The summed E-state index contributed by atoms with van der Waals surface area (Å²) < 4.78 is 0. The molecule has 2 atom stereocenters. The van der Waals surface area contributed by atoms with E-state index in [1.165, 1.54) is 19.3 Å². The Kier molecular flexibility index (Phi) is 4.54. The standard InChI is InChI=1S/C16H30N2O/c1-5-8-17-14(12-6-7-12)11-18-10-13(9-15(18)19)16(2,3)4/h12-14,17H,5-11H2,1-4H3. The molecule has 1 saturated heterocycles. The molecule has 1 saturated carbocycles. The van der Waals surface area contributed by atoms with E-state index in [-0.39, 0.29) is 5.41 Å². The zero-order valence-electron chi connectivity index (χ0n) is 13.0. The molecule has 1 amide bonds. The number of hydrogen-bond donors (Lipinski definition) is 1. The number of likely N-dealkylation sites (tertiary alicyclic amines) is 1. The fourth-order valence-electron chi connectivity index (χ4n) is 2.97. The van der Waals surface area contributed by atoms with Gasteiger partial charge in [-0.15, -0.1) is 0 Å². The molecule has 3 heteroatoms. The summed E-state index contributed by atoms with van der Waals surface area (Å²) in [6, 6.07) is 0.530. The second-order valence-electron chi connectivity index (χ2n) is 7.46. The van der Waals surface area contributed by atoms with E-state index in [0.29, 0.717) is 17.9 Å². The predicted octanol–water partition coefficient (Wildman–Crippen LogP) is 2.66. The Hall–Kier alpha value is -0.570. The van der Waals surface area contributed by atoms with Crippen LogP contribution in [0.25, 0.3) is 0 Å². The van der Waals surface area contributed by atoms with Crippen LogP contribution in [0.2, 0.25) is 0 Å². The summed E-state index contributed by atoms with van der Waals surface area (Å²) >= 11 is 0. The van der Waals surface area contributed by atoms with Crippen molar-refractivity contribution in [3.63, 3.8) is 0 Å². The molecule has 3 nitrogen and oxygen atoms in total. The molecule has 0 bridgehead atoms. The molecule has 19 heavy (non-hydrogen) atoms. The third-order valence-electron chi connectivity index (χ3n) is 4.70. The first-order valence-electron chi connectivity index (χ1n) is 7.93. The van der Waals surface area contributed by atoms with Crippen LogP contribution in [0.1, 0.15) is 53.4 Å². The minimum Gasteiger partial charge on any atom is -0.341 e. The van der Waals surface area contributed by atoms with Gasteiger partial charge in [0.25, 0.3) is 0 Å². The lowest BCUT2D eigenvalue weighted by molar-refractivity contribution is -0.128. The van der Waals surface area contributed by atoms with E-state index in [9.17, 15) is 4.79 Å². The fourth-order valence-corrected chi connectivity index (χ4v) is 2.97. The van der Waals surface area contributed by atoms with Crippen LogP contribution in [-0.2, 0) is 4.79 Å². The maximum absolute atomic E-state index is 12.2. The normalized spacial score (nSPS) is 26.0. The first kappa shape index (κ1) is 14.8. The van der Waals surface area contributed by atoms with E-state index >= 15 is 0 Å². The Morgan fingerprint density at radius 2 is 2.05 bits per heavy atom. The first-order chi connectivity index (χ1) is 8.91. The molecule has 0 spiro atoms. The van der Waals surface area contributed by atoms with E-state index in [2.05, 4.69) is 37.9 Å². The van der Waals surface area contributed by atoms with Crippen LogP contribution in [0.15, 0.2) is 0 Å². The van der Waals surface area contributed by atoms with Crippen molar-refractivity contribution in [2.75, 3.05) is 19.6 Å². The van der Waals surface area contributed by atoms with Crippen molar-refractivity contribution in [2.45, 2.75) is 59.4 Å². The summed E-state index contributed by atoms with van der Waals surface area (Å²) in [6.45, 7) is 11.9. The van der Waals surface area contributed by atoms with Crippen molar-refractivity contribution in [3.05, 3.63) is 0 Å². The average molecular weight is 266 g/mol. The van der Waals surface area contributed by atoms with Gasteiger partial charge in [0.2, 0.25) is 5.91 Å². The van der Waals surface area contributed by atoms with Crippen LogP contribution in [-0.4, -0.2) is 36.5 Å². The van der Waals surface area contributed by atoms with Crippen LogP contribution >= 0.6 is 0 Å². The first-order valence-corrected chi connectivity index (χ1v) is 7.93. The Balaban J connectivity index is 1.88. The maximum Gasteiger partial charge on any atom is 0.222 e. The van der Waals surface area contributed by atoms with Gasteiger partial charge in [0.05, 0.1) is 0 Å². The molecule has 1 N–H and O–H groups in total. The number of nitrogens with zero attached hydrogens (tertiary/aromatic N) is 1. The van der Waals surface area contributed by atoms with E-state index in [1.807, 2.05) is 0 Å². The summed E-state index contributed by atoms with van der Waals surface area (Å²) in [7, 11) is 0. The number of carbonyl (C=O) groups excluding carboxylic acids is 1. The van der Waals surface area contributed by atoms with Crippen molar-refractivity contribution in [3.8, 4) is 0 Å². The third-order valence-corrected chi connectivity index (χ3v) is 4.70. The highest BCUT2D eigenvalue weighted by Gasteiger charge is 2.39. The minimum absolute atomic E-state index is 0.246. The Morgan fingerprint density at radius 3 is 2.53 bits per heavy atom. The molecule has 2 rings (SSSR count). The molecule has 110 valence electrons. The summed E-state index contributed by atoms with van der Waals surface area (Å²) in [4.78, 5) is 14.3. The van der Waals surface area contributed by atoms with Gasteiger partial charge in [-0.2, -0.15) is 0 Å². The molecule has 1 heterocycles. The lowest BCUT2D eigenvalue weighted by Crippen LogP contribution is -2.43. The number of rotatable bonds is 6. The van der Waals surface area contributed by atoms with Gasteiger partial charge in [0.15, 0.2) is 0 Å². The van der Waals surface area contributed by atoms with Crippen molar-refractivity contribution in [2.24, 2.45) is 17.3 Å². The summed E-state index contributed by atoms with van der Waals surface area (Å²) in [5.74, 6) is 1.70. The van der Waals surface area contributed by atoms with Crippen LogP contribution in [0.4, 0.5) is 0 Å². The molecular formula is C16H30N2O. The number of hydrogen-bond acceptors (Lipinski definition) is 2. The molecule has 0 aromatic heterocycles. The topological polar surface area (TPSA) is 32.3 Å². The lowest BCUT2D eigenvalue weighted by Gasteiger charge is -2.28. The van der Waals surface area contributed by atoms with Crippen LogP contribution in [0.5, 0.6) is 0 Å². The maximum atomic E-state index is 12.2. The molecule has 0 aromatic carbocycles. The highest BCUT2D eigenvalue weighted by atomic mass is 16.2. The fraction of sp³-hybridized carbons (Fsp3) is 0.938. The van der Waals surface area contributed by atoms with Crippen molar-refractivity contribution in [1.29, 1.82) is 0 Å². The zero-order valence-corrected chi connectivity index (χ0v) is 13.0. The summed E-state index contributed by atoms with van der Waals surface area (Å²) in [5, 5.41) is 3.64. The molecule has 2 unspecified atom stereocenters. The number of amides is 1. The Bertz CT molecular complexity index is 317. The zero-order chi connectivity index (χ0) is 14.0. The van der Waals surface area contributed by atoms with Gasteiger partial charge in [-0.3, -0.25) is 4.79 Å². The molecule has 0 aromatic rings. The third kappa shape index (κ3) is 3.95. The highest BCUT2D eigenvalue weighted by molar-refractivity contribution is 5.78. The Morgan fingerprint density at radius 1 is 1.37 bits per heavy atom. The molecule has 0 radical (unpaired) electrons. The molecule has 2 aliphatic rings. The van der Waals surface area contributed by atoms with Gasteiger partial charge in [0.1, 0.15) is 0 Å². The van der Waals surface area contributed by atoms with Crippen molar-refractivity contribution in [1.82, 2.24) is 10.2 Å². The van der Waals surface area contributed by atoms with Crippen molar-refractivity contribution >= 4 is 5.91 Å². The van der Waals surface area contributed by atoms with Crippen LogP contribution in [0, 0.1) is 17.3 Å². The summed E-state index contributed by atoms with van der Waals surface area (Å²) in [5.41, 5.74) is 0.246. The number of nitrogens with one attached hydrogen (secondary N) is 1. The molecule has 1 aliphatic carbocycles. The van der Waals surface area contributed by atoms with Gasteiger partial charge in [-0.25, -0.2) is 0 Å². The van der Waals surface area contributed by atoms with Gasteiger partial charge in [0, 0.05) is 25.6 Å². The van der Waals surface area contributed by atoms with E-state index in [0.717, 1.165) is 32.0 Å². The Labute approximate surface area is 118 Å². The average Bonchev–Trinajstić information content (AvgIpc) is 3.09. The smallest absolute Gasteiger partial charge is 0.222 e. The molecule has 2 fully saturated rings. The number of carbonyl (C=O) groups is 1.